The van der Waals surface area contributed by atoms with E-state index in [0.717, 1.165) is 0 Å². The first-order chi connectivity index (χ1) is 8.37. The third kappa shape index (κ3) is 2.25. The molecule has 18 heavy (non-hydrogen) atoms. The van der Waals surface area contributed by atoms with Crippen molar-refractivity contribution in [1.82, 2.24) is 9.55 Å². The van der Waals surface area contributed by atoms with E-state index < -0.39 is 29.2 Å². The monoisotopic (exact) mass is 368 g/mol. The third-order valence-corrected chi connectivity index (χ3v) is 3.85. The number of rotatable bonds is 2. The van der Waals surface area contributed by atoms with Crippen molar-refractivity contribution >= 4 is 22.6 Å². The minimum atomic E-state index is -1.09. The molecule has 2 rings (SSSR count). The number of aromatic nitrogens is 2. The van der Waals surface area contributed by atoms with E-state index >= 15 is 0 Å². The molecule has 1 aliphatic heterocycles. The lowest BCUT2D eigenvalue weighted by atomic mass is 10.0. The average molecular weight is 368 g/mol. The van der Waals surface area contributed by atoms with Crippen molar-refractivity contribution < 1.29 is 14.9 Å². The Morgan fingerprint density at radius 1 is 1.67 bits per heavy atom. The van der Waals surface area contributed by atoms with E-state index in [1.807, 2.05) is 0 Å². The lowest BCUT2D eigenvalue weighted by molar-refractivity contribution is -0.116. The second-order valence-corrected chi connectivity index (χ2v) is 5.60. The van der Waals surface area contributed by atoms with Gasteiger partial charge in [0.1, 0.15) is 11.8 Å². The highest BCUT2D eigenvalue weighted by Gasteiger charge is 2.45. The lowest BCUT2D eigenvalue weighted by Crippen LogP contribution is -2.40. The Hall–Kier alpha value is -0.710. The fourth-order valence-corrected chi connectivity index (χ4v) is 2.30. The highest BCUT2D eigenvalue weighted by molar-refractivity contribution is 14.1. The molecular weight excluding hydrogens is 355 g/mol. The van der Waals surface area contributed by atoms with Gasteiger partial charge in [0.2, 0.25) is 0 Å². The average Bonchev–Trinajstić information content (AvgIpc) is 2.61. The van der Waals surface area contributed by atoms with Crippen LogP contribution >= 0.6 is 22.6 Å². The van der Waals surface area contributed by atoms with Crippen LogP contribution in [0.4, 0.5) is 0 Å². The molecule has 1 aromatic rings. The summed E-state index contributed by atoms with van der Waals surface area (Å²) >= 11 is 1.81. The zero-order chi connectivity index (χ0) is 13.5. The molecule has 0 unspecified atom stereocenters. The Morgan fingerprint density at radius 3 is 2.89 bits per heavy atom. The van der Waals surface area contributed by atoms with Crippen LogP contribution in [-0.2, 0) is 4.74 Å². The van der Waals surface area contributed by atoms with Crippen LogP contribution in [0.25, 0.3) is 0 Å². The van der Waals surface area contributed by atoms with Gasteiger partial charge >= 0.3 is 5.69 Å². The number of aliphatic hydroxyl groups excluding tert-OH is 2. The molecule has 1 fully saturated rings. The molecule has 2 heterocycles. The summed E-state index contributed by atoms with van der Waals surface area (Å²) in [6.07, 6.45) is -0.0135. The summed E-state index contributed by atoms with van der Waals surface area (Å²) < 4.78 is 7.08. The number of hydrogen-bond acceptors (Lipinski definition) is 5. The maximum Gasteiger partial charge on any atom is 0.330 e. The van der Waals surface area contributed by atoms with Gasteiger partial charge in [0, 0.05) is 12.6 Å². The normalized spacial score (nSPS) is 31.8. The van der Waals surface area contributed by atoms with Gasteiger partial charge < -0.3 is 14.9 Å². The fourth-order valence-electron chi connectivity index (χ4n) is 1.87. The molecule has 8 heteroatoms. The molecule has 0 saturated carbocycles. The van der Waals surface area contributed by atoms with Crippen LogP contribution in [0.3, 0.4) is 0 Å². The van der Waals surface area contributed by atoms with Gasteiger partial charge in [0.25, 0.3) is 5.56 Å². The number of nitrogens with one attached hydrogen (secondary N) is 1. The predicted molar refractivity (Wildman–Crippen MR) is 70.3 cm³/mol. The molecule has 3 N–H and O–H groups in total. The summed E-state index contributed by atoms with van der Waals surface area (Å²) in [6.45, 7) is 1.22. The zero-order valence-electron chi connectivity index (χ0n) is 9.59. The molecule has 0 aliphatic carbocycles. The molecule has 0 aromatic carbocycles. The maximum absolute atomic E-state index is 11.7. The second kappa shape index (κ2) is 4.76. The molecule has 0 spiro atoms. The van der Waals surface area contributed by atoms with Crippen molar-refractivity contribution in [3.8, 4) is 0 Å². The first kappa shape index (κ1) is 13.7. The molecule has 7 nitrogen and oxygen atoms in total. The quantitative estimate of drug-likeness (QED) is 0.592. The van der Waals surface area contributed by atoms with Crippen molar-refractivity contribution in [2.24, 2.45) is 0 Å². The smallest absolute Gasteiger partial charge is 0.330 e. The van der Waals surface area contributed by atoms with Crippen LogP contribution in [0.2, 0.25) is 0 Å². The van der Waals surface area contributed by atoms with Crippen molar-refractivity contribution in [2.75, 3.05) is 6.61 Å². The molecule has 3 atom stereocenters. The topological polar surface area (TPSA) is 105 Å². The van der Waals surface area contributed by atoms with Crippen LogP contribution in [0.1, 0.15) is 19.6 Å². The number of halogens is 1. The van der Waals surface area contributed by atoms with Crippen LogP contribution in [0, 0.1) is 3.57 Å². The molecule has 0 radical (unpaired) electrons. The van der Waals surface area contributed by atoms with Gasteiger partial charge in [-0.2, -0.15) is 0 Å². The Kier molecular flexibility index (Phi) is 3.63. The van der Waals surface area contributed by atoms with Crippen molar-refractivity contribution in [3.05, 3.63) is 30.6 Å². The molecule has 1 saturated heterocycles. The largest absolute Gasteiger partial charge is 0.393 e. The van der Waals surface area contributed by atoms with Crippen molar-refractivity contribution in [2.45, 2.75) is 31.3 Å². The minimum absolute atomic E-state index is 0.180. The summed E-state index contributed by atoms with van der Waals surface area (Å²) in [5, 5.41) is 19.0. The molecular formula is C10H13IN2O5. The van der Waals surface area contributed by atoms with E-state index in [-0.39, 0.29) is 13.0 Å². The van der Waals surface area contributed by atoms with Crippen molar-refractivity contribution in [3.63, 3.8) is 0 Å². The second-order valence-electron chi connectivity index (χ2n) is 4.44. The maximum atomic E-state index is 11.7. The van der Waals surface area contributed by atoms with E-state index in [0.29, 0.717) is 3.57 Å². The van der Waals surface area contributed by atoms with Crippen LogP contribution in [-0.4, -0.2) is 38.1 Å². The number of ether oxygens (including phenoxy) is 1. The number of hydrogen-bond donors (Lipinski definition) is 3. The molecule has 1 aliphatic rings. The van der Waals surface area contributed by atoms with E-state index in [2.05, 4.69) is 4.98 Å². The zero-order valence-corrected chi connectivity index (χ0v) is 11.7. The first-order valence-electron chi connectivity index (χ1n) is 5.35. The number of H-pyrrole nitrogens is 1. The predicted octanol–water partition coefficient (Wildman–Crippen LogP) is -0.828. The SMILES string of the molecule is C[C@]1(CO)O[C@@H](n2cc(I)c(=O)[nH]c2=O)C[C@@H]1O. The Bertz CT molecular complexity index is 568. The summed E-state index contributed by atoms with van der Waals surface area (Å²) in [6, 6.07) is 0. The highest BCUT2D eigenvalue weighted by Crippen LogP contribution is 2.35. The Labute approximate surface area is 116 Å². The van der Waals surface area contributed by atoms with E-state index in [9.17, 15) is 19.8 Å². The van der Waals surface area contributed by atoms with Gasteiger partial charge in [0.05, 0.1) is 16.3 Å². The standard InChI is InChI=1S/C10H13IN2O5/c1-10(4-14)6(15)2-7(18-10)13-3-5(11)8(16)12-9(13)17/h3,6-7,14-15H,2,4H2,1H3,(H,12,16,17)/t6-,7+,10+/m0/s1. The van der Waals surface area contributed by atoms with Crippen LogP contribution in [0.5, 0.6) is 0 Å². The van der Waals surface area contributed by atoms with Gasteiger partial charge in [-0.3, -0.25) is 14.3 Å². The summed E-state index contributed by atoms with van der Waals surface area (Å²) in [7, 11) is 0. The first-order valence-corrected chi connectivity index (χ1v) is 6.43. The van der Waals surface area contributed by atoms with Gasteiger partial charge in [-0.05, 0) is 29.5 Å². The molecule has 0 amide bonds. The Balaban J connectivity index is 2.38. The van der Waals surface area contributed by atoms with Gasteiger partial charge in [-0.15, -0.1) is 0 Å². The number of aromatic amines is 1. The number of nitrogens with zero attached hydrogens (tertiary/aromatic N) is 1. The van der Waals surface area contributed by atoms with E-state index in [1.54, 1.807) is 29.5 Å². The highest BCUT2D eigenvalue weighted by atomic mass is 127. The summed E-state index contributed by atoms with van der Waals surface area (Å²) in [4.78, 5) is 25.1. The number of aliphatic hydroxyl groups is 2. The third-order valence-electron chi connectivity index (χ3n) is 3.08. The summed E-state index contributed by atoms with van der Waals surface area (Å²) in [5.74, 6) is 0. The van der Waals surface area contributed by atoms with E-state index in [4.69, 9.17) is 4.74 Å². The van der Waals surface area contributed by atoms with E-state index in [1.165, 1.54) is 10.8 Å². The van der Waals surface area contributed by atoms with Crippen LogP contribution < -0.4 is 11.2 Å². The fraction of sp³-hybridized carbons (Fsp3) is 0.600. The minimum Gasteiger partial charge on any atom is -0.393 e. The van der Waals surface area contributed by atoms with Gasteiger partial charge in [0.15, 0.2) is 0 Å². The van der Waals surface area contributed by atoms with Crippen molar-refractivity contribution in [1.29, 1.82) is 0 Å². The lowest BCUT2D eigenvalue weighted by Gasteiger charge is -2.25. The Morgan fingerprint density at radius 2 is 2.33 bits per heavy atom. The van der Waals surface area contributed by atoms with Crippen LogP contribution in [0.15, 0.2) is 15.8 Å². The molecule has 1 aromatic heterocycles. The summed E-state index contributed by atoms with van der Waals surface area (Å²) in [5.41, 5.74) is -2.15. The van der Waals surface area contributed by atoms with Gasteiger partial charge in [-0.25, -0.2) is 4.79 Å². The van der Waals surface area contributed by atoms with Gasteiger partial charge in [-0.1, -0.05) is 0 Å². The molecule has 100 valence electrons. The molecule has 0 bridgehead atoms.